The summed E-state index contributed by atoms with van der Waals surface area (Å²) in [4.78, 5) is 40.5. The molecule has 3 saturated carbocycles. The van der Waals surface area contributed by atoms with E-state index in [1.165, 1.54) is 51.4 Å². The van der Waals surface area contributed by atoms with Crippen molar-refractivity contribution in [2.45, 2.75) is 242 Å². The van der Waals surface area contributed by atoms with Crippen LogP contribution in [-0.4, -0.2) is 65.7 Å². The number of ether oxygens (including phenoxy) is 3. The summed E-state index contributed by atoms with van der Waals surface area (Å²) in [5.74, 6) is 5.64. The molecule has 0 aromatic heterocycles. The van der Waals surface area contributed by atoms with Gasteiger partial charge in [-0.1, -0.05) is 91.7 Å². The van der Waals surface area contributed by atoms with Crippen LogP contribution in [0.2, 0.25) is 0 Å². The molecule has 0 bridgehead atoms. The van der Waals surface area contributed by atoms with Gasteiger partial charge in [-0.2, -0.15) is 0 Å². The number of carbonyl (C=O) groups excluding carboxylic acids is 3. The Labute approximate surface area is 380 Å². The zero-order chi connectivity index (χ0) is 46.0. The van der Waals surface area contributed by atoms with Crippen LogP contribution in [0.5, 0.6) is 0 Å². The van der Waals surface area contributed by atoms with Gasteiger partial charge in [0.1, 0.15) is 17.3 Å². The lowest BCUT2D eigenvalue weighted by Crippen LogP contribution is -2.51. The monoisotopic (exact) mass is 870 g/mol. The Kier molecular flexibility index (Phi) is 19.1. The number of hydrogen-bond acceptors (Lipinski definition) is 6. The molecule has 62 heavy (non-hydrogen) atoms. The van der Waals surface area contributed by atoms with Crippen molar-refractivity contribution < 1.29 is 28.6 Å². The predicted molar refractivity (Wildman–Crippen MR) is 254 cm³/mol. The zero-order valence-corrected chi connectivity index (χ0v) is 42.4. The van der Waals surface area contributed by atoms with Crippen molar-refractivity contribution in [1.29, 1.82) is 0 Å². The zero-order valence-electron chi connectivity index (χ0n) is 42.4. The predicted octanol–water partition coefficient (Wildman–Crippen LogP) is 14.0. The van der Waals surface area contributed by atoms with E-state index in [-0.39, 0.29) is 35.8 Å². The molecule has 0 radical (unpaired) electrons. The first kappa shape index (κ1) is 52.2. The number of amides is 3. The summed E-state index contributed by atoms with van der Waals surface area (Å²) in [5.41, 5.74) is 1.14. The Bertz CT molecular complexity index is 1470. The van der Waals surface area contributed by atoms with E-state index in [0.717, 1.165) is 99.2 Å². The van der Waals surface area contributed by atoms with Gasteiger partial charge in [-0.25, -0.2) is 14.4 Å². The molecule has 9 heteroatoms. The van der Waals surface area contributed by atoms with Crippen LogP contribution in [-0.2, 0) is 14.2 Å². The maximum Gasteiger partial charge on any atom is 0.410 e. The van der Waals surface area contributed by atoms with Crippen molar-refractivity contribution in [2.24, 2.45) is 52.3 Å². The van der Waals surface area contributed by atoms with Crippen LogP contribution in [0.1, 0.15) is 213 Å². The van der Waals surface area contributed by atoms with Gasteiger partial charge in [0.25, 0.3) is 0 Å². The van der Waals surface area contributed by atoms with Gasteiger partial charge in [0, 0.05) is 31.6 Å². The fourth-order valence-electron chi connectivity index (χ4n) is 12.7. The van der Waals surface area contributed by atoms with Crippen molar-refractivity contribution in [3.8, 4) is 0 Å². The topological polar surface area (TPSA) is 106 Å². The average molecular weight is 870 g/mol. The molecule has 11 atom stereocenters. The summed E-state index contributed by atoms with van der Waals surface area (Å²) in [5, 5.41) is 5.89. The van der Waals surface area contributed by atoms with Crippen LogP contribution in [0.15, 0.2) is 11.6 Å². The molecule has 4 aliphatic rings. The molecule has 358 valence electrons. The van der Waals surface area contributed by atoms with Crippen molar-refractivity contribution in [2.75, 3.05) is 13.1 Å². The number of unbranched alkanes of at least 4 members (excludes halogenated alkanes) is 4. The average Bonchev–Trinajstić information content (AvgIpc) is 3.51. The van der Waals surface area contributed by atoms with E-state index in [1.807, 2.05) is 60.3 Å². The largest absolute Gasteiger partial charge is 0.446 e. The second-order valence-corrected chi connectivity index (χ2v) is 23.6. The molecule has 0 aliphatic heterocycles. The first-order valence-corrected chi connectivity index (χ1v) is 25.6. The molecule has 0 saturated heterocycles. The quantitative estimate of drug-likeness (QED) is 0.0717. The number of rotatable bonds is 20. The highest BCUT2D eigenvalue weighted by Crippen LogP contribution is 2.67. The highest BCUT2D eigenvalue weighted by Gasteiger charge is 2.59. The maximum atomic E-state index is 14.0. The third-order valence-corrected chi connectivity index (χ3v) is 16.2. The van der Waals surface area contributed by atoms with Gasteiger partial charge < -0.3 is 29.7 Å². The first-order valence-electron chi connectivity index (χ1n) is 25.6. The molecular weight excluding hydrogens is 775 g/mol. The molecule has 4 rings (SSSR count). The van der Waals surface area contributed by atoms with E-state index >= 15 is 0 Å². The summed E-state index contributed by atoms with van der Waals surface area (Å²) >= 11 is 0. The Balaban J connectivity index is 1.31. The van der Waals surface area contributed by atoms with Crippen molar-refractivity contribution in [3.63, 3.8) is 0 Å². The highest BCUT2D eigenvalue weighted by molar-refractivity contribution is 5.69. The van der Waals surface area contributed by atoms with Gasteiger partial charge in [0.15, 0.2) is 0 Å². The third-order valence-electron chi connectivity index (χ3n) is 16.2. The second-order valence-electron chi connectivity index (χ2n) is 23.6. The van der Waals surface area contributed by atoms with Crippen LogP contribution in [0.3, 0.4) is 0 Å². The lowest BCUT2D eigenvalue weighted by molar-refractivity contribution is -0.0596. The smallest absolute Gasteiger partial charge is 0.410 e. The molecule has 2 N–H and O–H groups in total. The Morgan fingerprint density at radius 3 is 1.97 bits per heavy atom. The minimum atomic E-state index is -0.571. The minimum Gasteiger partial charge on any atom is -0.446 e. The Morgan fingerprint density at radius 1 is 0.742 bits per heavy atom. The summed E-state index contributed by atoms with van der Waals surface area (Å²) in [6, 6.07) is -0.0958. The van der Waals surface area contributed by atoms with Gasteiger partial charge in [0.2, 0.25) is 0 Å². The molecule has 0 heterocycles. The molecule has 2 unspecified atom stereocenters. The lowest BCUT2D eigenvalue weighted by Gasteiger charge is -2.58. The number of alkyl carbamates (subject to hydrolysis) is 2. The van der Waals surface area contributed by atoms with Gasteiger partial charge in [-0.05, 0) is 178 Å². The maximum absolute atomic E-state index is 14.0. The number of nitrogens with zero attached hydrogens (tertiary/aromatic N) is 1. The van der Waals surface area contributed by atoms with Gasteiger partial charge in [0.05, 0.1) is 0 Å². The molecule has 0 aromatic rings. The third kappa shape index (κ3) is 14.8. The first-order chi connectivity index (χ1) is 29.0. The van der Waals surface area contributed by atoms with Crippen LogP contribution >= 0.6 is 0 Å². The molecule has 0 spiro atoms. The summed E-state index contributed by atoms with van der Waals surface area (Å²) in [7, 11) is 0. The molecule has 9 nitrogen and oxygen atoms in total. The summed E-state index contributed by atoms with van der Waals surface area (Å²) < 4.78 is 17.3. The Morgan fingerprint density at radius 2 is 1.35 bits per heavy atom. The van der Waals surface area contributed by atoms with E-state index in [0.29, 0.717) is 24.9 Å². The van der Waals surface area contributed by atoms with Crippen molar-refractivity contribution in [3.05, 3.63) is 11.6 Å². The fourth-order valence-corrected chi connectivity index (χ4v) is 12.7. The molecule has 4 aliphatic carbocycles. The van der Waals surface area contributed by atoms with Crippen molar-refractivity contribution in [1.82, 2.24) is 15.5 Å². The van der Waals surface area contributed by atoms with Gasteiger partial charge >= 0.3 is 18.3 Å². The number of nitrogens with one attached hydrogen (secondary N) is 2. The standard InChI is InChI=1S/C53H95N3O6/c1-15-40(36(2)3)23-22-37(4)44-26-27-45-43-25-24-41-35-42(28-31-52(41,13)46(43)29-32-53(44,45)14)60-49(59)56(34-30-39(6)55-48(58)62-51(10,11)12)33-20-18-16-17-19-21-38(5)54-47(57)61-50(7,8)9/h24,36-40,42-46H,15-23,25-35H2,1-14H3,(H,54,57)(H,55,58)/t37-,38?,39?,40-,42+,43+,44-,45+,46+,52+,53-/m1/s1. The van der Waals surface area contributed by atoms with E-state index in [2.05, 4.69) is 58.3 Å². The van der Waals surface area contributed by atoms with Crippen molar-refractivity contribution >= 4 is 18.3 Å². The fraction of sp³-hybridized carbons (Fsp3) is 0.906. The van der Waals surface area contributed by atoms with Crippen LogP contribution in [0.4, 0.5) is 14.4 Å². The van der Waals surface area contributed by atoms with Gasteiger partial charge in [-0.15, -0.1) is 0 Å². The lowest BCUT2D eigenvalue weighted by atomic mass is 9.47. The van der Waals surface area contributed by atoms with E-state index in [1.54, 1.807) is 5.57 Å². The highest BCUT2D eigenvalue weighted by atomic mass is 16.6. The molecule has 3 amide bonds. The van der Waals surface area contributed by atoms with E-state index in [9.17, 15) is 14.4 Å². The molecular formula is C53H95N3O6. The number of allylic oxidation sites excluding steroid dienone is 1. The Hall–Kier alpha value is -2.45. The number of carbonyl (C=O) groups is 3. The molecule has 0 aromatic carbocycles. The second kappa shape index (κ2) is 22.6. The van der Waals surface area contributed by atoms with Crippen LogP contribution < -0.4 is 10.6 Å². The van der Waals surface area contributed by atoms with Crippen LogP contribution in [0, 0.1) is 52.3 Å². The SMILES string of the molecule is CC[C@H](CC[C@@H](C)[C@H]1CC[C@H]2[C@@H]3CC=C4C[C@@H](OC(=O)N(CCCCCCCC(C)NC(=O)OC(C)(C)C)CCC(C)NC(=O)OC(C)(C)C)CC[C@]4(C)[C@H]3CC[C@]12C)C(C)C. The van der Waals surface area contributed by atoms with Gasteiger partial charge in [-0.3, -0.25) is 0 Å². The normalized spacial score (nSPS) is 29.2. The summed E-state index contributed by atoms with van der Waals surface area (Å²) in [6.45, 7) is 31.4. The van der Waals surface area contributed by atoms with E-state index in [4.69, 9.17) is 14.2 Å². The summed E-state index contributed by atoms with van der Waals surface area (Å²) in [6.07, 6.45) is 21.7. The van der Waals surface area contributed by atoms with E-state index < -0.39 is 17.3 Å². The molecule has 3 fully saturated rings. The number of hydrogen-bond donors (Lipinski definition) is 2. The van der Waals surface area contributed by atoms with Crippen LogP contribution in [0.25, 0.3) is 0 Å². The minimum absolute atomic E-state index is 0.0559. The number of fused-ring (bicyclic) bond motifs is 5.